The maximum atomic E-state index is 12.6. The molecule has 0 spiro atoms. The summed E-state index contributed by atoms with van der Waals surface area (Å²) < 4.78 is 26.7. The summed E-state index contributed by atoms with van der Waals surface area (Å²) >= 11 is 6.84. The van der Waals surface area contributed by atoms with E-state index in [2.05, 4.69) is 10.3 Å². The van der Waals surface area contributed by atoms with Crippen molar-refractivity contribution < 1.29 is 13.2 Å². The van der Waals surface area contributed by atoms with Crippen molar-refractivity contribution in [2.75, 3.05) is 18.4 Å². The third kappa shape index (κ3) is 3.40. The third-order valence-electron chi connectivity index (χ3n) is 3.49. The van der Waals surface area contributed by atoms with Crippen LogP contribution in [0.25, 0.3) is 0 Å². The second-order valence-corrected chi connectivity index (χ2v) is 8.30. The van der Waals surface area contributed by atoms with Crippen molar-refractivity contribution in [2.45, 2.75) is 17.7 Å². The number of hydrogen-bond donors (Lipinski definition) is 1. The molecule has 6 nitrogen and oxygen atoms in total. The summed E-state index contributed by atoms with van der Waals surface area (Å²) in [5, 5.41) is 4.65. The minimum atomic E-state index is -3.63. The van der Waals surface area contributed by atoms with Crippen LogP contribution in [0.5, 0.6) is 0 Å². The summed E-state index contributed by atoms with van der Waals surface area (Å²) in [5.41, 5.74) is 0. The fourth-order valence-corrected chi connectivity index (χ4v) is 5.28. The van der Waals surface area contributed by atoms with Crippen LogP contribution in [-0.4, -0.2) is 36.7 Å². The summed E-state index contributed by atoms with van der Waals surface area (Å²) in [6.45, 7) is 0.996. The van der Waals surface area contributed by atoms with E-state index in [0.717, 1.165) is 24.2 Å². The van der Waals surface area contributed by atoms with Gasteiger partial charge in [0.1, 0.15) is 15.6 Å². The van der Waals surface area contributed by atoms with E-state index >= 15 is 0 Å². The molecule has 1 saturated heterocycles. The average Bonchev–Trinajstić information content (AvgIpc) is 3.21. The maximum absolute atomic E-state index is 12.6. The lowest BCUT2D eigenvalue weighted by Crippen LogP contribution is -2.29. The van der Waals surface area contributed by atoms with Gasteiger partial charge in [0.15, 0.2) is 0 Å². The predicted octanol–water partition coefficient (Wildman–Crippen LogP) is 2.83. The van der Waals surface area contributed by atoms with E-state index in [1.807, 2.05) is 0 Å². The standard InChI is InChI=1S/C14H14ClN3O3S2/c15-10-3-4-12(16-9-10)17-14(19)13-11(5-8-22-13)23(20,21)18-6-1-2-7-18/h3-5,8-9H,1-2,6-7H2,(H,16,17,19). The lowest BCUT2D eigenvalue weighted by atomic mass is 10.4. The van der Waals surface area contributed by atoms with Gasteiger partial charge in [0.2, 0.25) is 10.0 Å². The Labute approximate surface area is 143 Å². The van der Waals surface area contributed by atoms with Crippen molar-refractivity contribution in [3.63, 3.8) is 0 Å². The predicted molar refractivity (Wildman–Crippen MR) is 89.5 cm³/mol. The van der Waals surface area contributed by atoms with E-state index in [1.165, 1.54) is 16.6 Å². The van der Waals surface area contributed by atoms with E-state index < -0.39 is 15.9 Å². The fraction of sp³-hybridized carbons (Fsp3) is 0.286. The Balaban J connectivity index is 1.85. The van der Waals surface area contributed by atoms with E-state index in [4.69, 9.17) is 11.6 Å². The number of anilines is 1. The molecule has 1 amide bonds. The number of amides is 1. The molecule has 0 radical (unpaired) electrons. The molecule has 1 aliphatic rings. The Hall–Kier alpha value is -1.48. The second-order valence-electron chi connectivity index (χ2n) is 5.04. The molecule has 2 aromatic heterocycles. The van der Waals surface area contributed by atoms with Crippen molar-refractivity contribution in [2.24, 2.45) is 0 Å². The van der Waals surface area contributed by atoms with Gasteiger partial charge in [-0.25, -0.2) is 13.4 Å². The van der Waals surface area contributed by atoms with E-state index in [-0.39, 0.29) is 9.77 Å². The van der Waals surface area contributed by atoms with Crippen molar-refractivity contribution in [1.29, 1.82) is 0 Å². The molecule has 122 valence electrons. The lowest BCUT2D eigenvalue weighted by Gasteiger charge is -2.15. The summed E-state index contributed by atoms with van der Waals surface area (Å²) in [4.78, 5) is 16.6. The summed E-state index contributed by atoms with van der Waals surface area (Å²) in [7, 11) is -3.63. The highest BCUT2D eigenvalue weighted by Crippen LogP contribution is 2.28. The zero-order valence-electron chi connectivity index (χ0n) is 12.0. The molecular formula is C14H14ClN3O3S2. The summed E-state index contributed by atoms with van der Waals surface area (Å²) in [6.07, 6.45) is 3.10. The Morgan fingerprint density at radius 1 is 1.26 bits per heavy atom. The number of pyridine rings is 1. The molecule has 0 bridgehead atoms. The second kappa shape index (κ2) is 6.56. The number of nitrogens with zero attached hydrogens (tertiary/aromatic N) is 2. The zero-order chi connectivity index (χ0) is 16.4. The van der Waals surface area contributed by atoms with E-state index in [0.29, 0.717) is 23.9 Å². The van der Waals surface area contributed by atoms with Gasteiger partial charge in [0.05, 0.1) is 5.02 Å². The molecule has 3 heterocycles. The number of carbonyl (C=O) groups excluding carboxylic acids is 1. The van der Waals surface area contributed by atoms with Crippen LogP contribution in [0.2, 0.25) is 5.02 Å². The SMILES string of the molecule is O=C(Nc1ccc(Cl)cn1)c1sccc1S(=O)(=O)N1CCCC1. The molecule has 0 atom stereocenters. The lowest BCUT2D eigenvalue weighted by molar-refractivity contribution is 0.102. The highest BCUT2D eigenvalue weighted by atomic mass is 35.5. The molecule has 0 aliphatic carbocycles. The number of sulfonamides is 1. The zero-order valence-corrected chi connectivity index (χ0v) is 14.4. The number of halogens is 1. The first-order valence-corrected chi connectivity index (χ1v) is 9.69. The largest absolute Gasteiger partial charge is 0.306 e. The molecule has 1 fully saturated rings. The molecule has 2 aromatic rings. The van der Waals surface area contributed by atoms with Crippen molar-refractivity contribution in [3.8, 4) is 0 Å². The van der Waals surface area contributed by atoms with Crippen molar-refractivity contribution in [3.05, 3.63) is 39.7 Å². The Bertz CT molecular complexity index is 812. The van der Waals surface area contributed by atoms with Gasteiger partial charge in [-0.2, -0.15) is 4.31 Å². The van der Waals surface area contributed by atoms with Crippen LogP contribution in [-0.2, 0) is 10.0 Å². The molecular weight excluding hydrogens is 358 g/mol. The third-order valence-corrected chi connectivity index (χ3v) is 6.69. The highest BCUT2D eigenvalue weighted by molar-refractivity contribution is 7.89. The Morgan fingerprint density at radius 2 is 2.00 bits per heavy atom. The molecule has 1 aliphatic heterocycles. The van der Waals surface area contributed by atoms with Gasteiger partial charge in [-0.15, -0.1) is 11.3 Å². The smallest absolute Gasteiger partial charge is 0.268 e. The van der Waals surface area contributed by atoms with Gasteiger partial charge < -0.3 is 5.32 Å². The van der Waals surface area contributed by atoms with Crippen molar-refractivity contribution in [1.82, 2.24) is 9.29 Å². The molecule has 0 aromatic carbocycles. The van der Waals surface area contributed by atoms with Gasteiger partial charge in [-0.3, -0.25) is 4.79 Å². The minimum Gasteiger partial charge on any atom is -0.306 e. The molecule has 0 saturated carbocycles. The maximum Gasteiger partial charge on any atom is 0.268 e. The van der Waals surface area contributed by atoms with Crippen LogP contribution in [0.3, 0.4) is 0 Å². The van der Waals surface area contributed by atoms with Crippen LogP contribution in [0, 0.1) is 0 Å². The van der Waals surface area contributed by atoms with Crippen LogP contribution >= 0.6 is 22.9 Å². The first-order chi connectivity index (χ1) is 11.0. The molecule has 0 unspecified atom stereocenters. The first-order valence-electron chi connectivity index (χ1n) is 6.99. The molecule has 1 N–H and O–H groups in total. The topological polar surface area (TPSA) is 79.4 Å². The van der Waals surface area contributed by atoms with Gasteiger partial charge in [0, 0.05) is 19.3 Å². The molecule has 23 heavy (non-hydrogen) atoms. The normalized spacial score (nSPS) is 15.7. The molecule has 3 rings (SSSR count). The average molecular weight is 372 g/mol. The van der Waals surface area contributed by atoms with E-state index in [1.54, 1.807) is 17.5 Å². The summed E-state index contributed by atoms with van der Waals surface area (Å²) in [6, 6.07) is 4.63. The Morgan fingerprint density at radius 3 is 2.65 bits per heavy atom. The van der Waals surface area contributed by atoms with Gasteiger partial charge in [-0.05, 0) is 36.4 Å². The highest BCUT2D eigenvalue weighted by Gasteiger charge is 2.31. The minimum absolute atomic E-state index is 0.0517. The van der Waals surface area contributed by atoms with Crippen molar-refractivity contribution >= 4 is 44.7 Å². The number of nitrogens with one attached hydrogen (secondary N) is 1. The van der Waals surface area contributed by atoms with Crippen LogP contribution in [0.4, 0.5) is 5.82 Å². The Kier molecular flexibility index (Phi) is 4.67. The fourth-order valence-electron chi connectivity index (χ4n) is 2.36. The number of hydrogen-bond acceptors (Lipinski definition) is 5. The van der Waals surface area contributed by atoms with Gasteiger partial charge in [0.25, 0.3) is 5.91 Å². The van der Waals surface area contributed by atoms with Gasteiger partial charge >= 0.3 is 0 Å². The number of carbonyl (C=O) groups is 1. The van der Waals surface area contributed by atoms with E-state index in [9.17, 15) is 13.2 Å². The number of aromatic nitrogens is 1. The molecule has 9 heteroatoms. The monoisotopic (exact) mass is 371 g/mol. The van der Waals surface area contributed by atoms with Crippen LogP contribution in [0.15, 0.2) is 34.7 Å². The van der Waals surface area contributed by atoms with Gasteiger partial charge in [-0.1, -0.05) is 11.6 Å². The quantitative estimate of drug-likeness (QED) is 0.896. The number of thiophene rings is 1. The summed E-state index contributed by atoms with van der Waals surface area (Å²) in [5.74, 6) is -0.176. The number of rotatable bonds is 4. The first kappa shape index (κ1) is 16.4. The van der Waals surface area contributed by atoms with Crippen LogP contribution < -0.4 is 5.32 Å². The van der Waals surface area contributed by atoms with Crippen LogP contribution in [0.1, 0.15) is 22.5 Å².